The van der Waals surface area contributed by atoms with Crippen LogP contribution in [0.3, 0.4) is 0 Å². The van der Waals surface area contributed by atoms with Gasteiger partial charge in [-0.2, -0.15) is 0 Å². The van der Waals surface area contributed by atoms with Crippen LogP contribution in [0.25, 0.3) is 10.8 Å². The number of ether oxygens (including phenoxy) is 2. The molecule has 2 aromatic carbocycles. The summed E-state index contributed by atoms with van der Waals surface area (Å²) < 4.78 is 37.4. The van der Waals surface area contributed by atoms with Crippen LogP contribution in [0.1, 0.15) is 45.4 Å². The van der Waals surface area contributed by atoms with Crippen molar-refractivity contribution < 1.29 is 32.3 Å². The molecule has 10 heteroatoms. The number of sulfonamides is 1. The number of benzene rings is 2. The Kier molecular flexibility index (Phi) is 7.85. The van der Waals surface area contributed by atoms with Crippen LogP contribution in [0.2, 0.25) is 0 Å². The Bertz CT molecular complexity index is 1340. The molecule has 0 spiro atoms. The molecule has 0 saturated carbocycles. The van der Waals surface area contributed by atoms with E-state index in [1.807, 2.05) is 24.3 Å². The smallest absolute Gasteiger partial charge is 0.355 e. The molecule has 0 fully saturated rings. The number of Topliss-reactive ketones (excluding diaryl/α,β-unsaturated/α-hetero) is 1. The Labute approximate surface area is 197 Å². The lowest BCUT2D eigenvalue weighted by Crippen LogP contribution is -2.27. The van der Waals surface area contributed by atoms with Crippen molar-refractivity contribution in [3.8, 4) is 0 Å². The van der Waals surface area contributed by atoms with Crippen LogP contribution in [-0.2, 0) is 24.3 Å². The molecule has 0 unspecified atom stereocenters. The number of aromatic amines is 1. The molecule has 0 radical (unpaired) electrons. The van der Waals surface area contributed by atoms with Gasteiger partial charge in [-0.15, -0.1) is 0 Å². The molecule has 0 aliphatic rings. The molecule has 180 valence electrons. The fourth-order valence-corrected chi connectivity index (χ4v) is 4.64. The van der Waals surface area contributed by atoms with E-state index in [2.05, 4.69) is 9.71 Å². The lowest BCUT2D eigenvalue weighted by Gasteiger charge is -2.08. The zero-order valence-corrected chi connectivity index (χ0v) is 20.0. The van der Waals surface area contributed by atoms with E-state index in [0.717, 1.165) is 10.8 Å². The monoisotopic (exact) mass is 486 g/mol. The van der Waals surface area contributed by atoms with Crippen LogP contribution >= 0.6 is 0 Å². The highest BCUT2D eigenvalue weighted by molar-refractivity contribution is 7.89. The lowest BCUT2D eigenvalue weighted by molar-refractivity contribution is -0.142. The maximum absolute atomic E-state index is 12.5. The van der Waals surface area contributed by atoms with Gasteiger partial charge in [0.05, 0.1) is 17.9 Å². The fraction of sp³-hybridized carbons (Fsp3) is 0.292. The van der Waals surface area contributed by atoms with Crippen molar-refractivity contribution in [3.05, 3.63) is 65.0 Å². The Morgan fingerprint density at radius 2 is 1.71 bits per heavy atom. The van der Waals surface area contributed by atoms with Crippen molar-refractivity contribution in [2.45, 2.75) is 32.1 Å². The highest BCUT2D eigenvalue weighted by Gasteiger charge is 2.23. The zero-order valence-electron chi connectivity index (χ0n) is 19.1. The van der Waals surface area contributed by atoms with Crippen molar-refractivity contribution in [2.24, 2.45) is 0 Å². The second kappa shape index (κ2) is 10.6. The third kappa shape index (κ3) is 5.70. The molecule has 1 aromatic heterocycles. The number of hydrogen-bond acceptors (Lipinski definition) is 7. The third-order valence-corrected chi connectivity index (χ3v) is 6.67. The molecule has 9 nitrogen and oxygen atoms in total. The van der Waals surface area contributed by atoms with Crippen molar-refractivity contribution in [3.63, 3.8) is 0 Å². The minimum absolute atomic E-state index is 0.0885. The van der Waals surface area contributed by atoms with Crippen LogP contribution in [-0.4, -0.2) is 50.9 Å². The maximum Gasteiger partial charge on any atom is 0.355 e. The molecule has 34 heavy (non-hydrogen) atoms. The summed E-state index contributed by atoms with van der Waals surface area (Å²) >= 11 is 0. The van der Waals surface area contributed by atoms with Gasteiger partial charge in [0.25, 0.3) is 0 Å². The first kappa shape index (κ1) is 25.1. The SMILES string of the molecule is CCOC(=O)c1[nH]c(C)c(C(=O)COC(=O)CCNS(=O)(=O)c2ccc3ccccc3c2)c1C. The average Bonchev–Trinajstić information content (AvgIpc) is 3.11. The Morgan fingerprint density at radius 1 is 1.00 bits per heavy atom. The highest BCUT2D eigenvalue weighted by atomic mass is 32.2. The summed E-state index contributed by atoms with van der Waals surface area (Å²) in [6, 6.07) is 12.1. The number of fused-ring (bicyclic) bond motifs is 1. The van der Waals surface area contributed by atoms with Gasteiger partial charge in [0.2, 0.25) is 15.8 Å². The molecular weight excluding hydrogens is 460 g/mol. The third-order valence-electron chi connectivity index (χ3n) is 5.21. The van der Waals surface area contributed by atoms with Crippen molar-refractivity contribution >= 4 is 38.5 Å². The summed E-state index contributed by atoms with van der Waals surface area (Å²) in [5, 5.41) is 1.70. The predicted molar refractivity (Wildman–Crippen MR) is 125 cm³/mol. The van der Waals surface area contributed by atoms with Gasteiger partial charge >= 0.3 is 11.9 Å². The lowest BCUT2D eigenvalue weighted by atomic mass is 10.1. The standard InChI is InChI=1S/C24H26N2O7S/c1-4-32-24(29)23-15(2)22(16(3)26-23)20(27)14-33-21(28)11-12-25-34(30,31)19-10-9-17-7-5-6-8-18(17)13-19/h5-10,13,25-26H,4,11-12,14H2,1-3H3. The molecule has 1 heterocycles. The summed E-state index contributed by atoms with van der Waals surface area (Å²) in [6.07, 6.45) is -0.251. The zero-order chi connectivity index (χ0) is 24.9. The van der Waals surface area contributed by atoms with E-state index in [9.17, 15) is 22.8 Å². The molecule has 0 bridgehead atoms. The number of nitrogens with one attached hydrogen (secondary N) is 2. The van der Waals surface area contributed by atoms with Gasteiger partial charge in [-0.1, -0.05) is 30.3 Å². The van der Waals surface area contributed by atoms with E-state index in [1.54, 1.807) is 32.9 Å². The quantitative estimate of drug-likeness (QED) is 0.332. The number of aryl methyl sites for hydroxylation is 1. The topological polar surface area (TPSA) is 132 Å². The van der Waals surface area contributed by atoms with Crippen LogP contribution in [0.15, 0.2) is 47.4 Å². The Balaban J connectivity index is 1.53. The average molecular weight is 487 g/mol. The van der Waals surface area contributed by atoms with Gasteiger partial charge < -0.3 is 14.5 Å². The first-order valence-corrected chi connectivity index (χ1v) is 12.2. The second-order valence-electron chi connectivity index (χ2n) is 7.59. The van der Waals surface area contributed by atoms with E-state index < -0.39 is 34.4 Å². The molecule has 2 N–H and O–H groups in total. The summed E-state index contributed by atoms with van der Waals surface area (Å²) in [6.45, 7) is 4.40. The van der Waals surface area contributed by atoms with Gasteiger partial charge in [0.15, 0.2) is 6.61 Å². The number of carbonyl (C=O) groups is 3. The first-order chi connectivity index (χ1) is 16.1. The number of H-pyrrole nitrogens is 1. The molecule has 0 atom stereocenters. The molecule has 3 rings (SSSR count). The fourth-order valence-electron chi connectivity index (χ4n) is 3.57. The van der Waals surface area contributed by atoms with Crippen molar-refractivity contribution in [1.29, 1.82) is 0 Å². The van der Waals surface area contributed by atoms with Crippen LogP contribution in [0.5, 0.6) is 0 Å². The number of aromatic nitrogens is 1. The number of esters is 2. The van der Waals surface area contributed by atoms with Crippen molar-refractivity contribution in [2.75, 3.05) is 19.8 Å². The Hall–Kier alpha value is -3.50. The van der Waals surface area contributed by atoms with Gasteiger partial charge in [-0.25, -0.2) is 17.9 Å². The minimum atomic E-state index is -3.82. The van der Waals surface area contributed by atoms with Crippen LogP contribution in [0, 0.1) is 13.8 Å². The maximum atomic E-state index is 12.5. The van der Waals surface area contributed by atoms with E-state index in [0.29, 0.717) is 11.3 Å². The predicted octanol–water partition coefficient (Wildman–Crippen LogP) is 3.06. The molecule has 0 aliphatic heterocycles. The first-order valence-electron chi connectivity index (χ1n) is 10.7. The van der Waals surface area contributed by atoms with Gasteiger partial charge in [-0.05, 0) is 49.2 Å². The van der Waals surface area contributed by atoms with E-state index >= 15 is 0 Å². The van der Waals surface area contributed by atoms with Crippen molar-refractivity contribution in [1.82, 2.24) is 9.71 Å². The van der Waals surface area contributed by atoms with Gasteiger partial charge in [0.1, 0.15) is 5.69 Å². The van der Waals surface area contributed by atoms with Gasteiger partial charge in [-0.3, -0.25) is 9.59 Å². The Morgan fingerprint density at radius 3 is 2.41 bits per heavy atom. The molecule has 0 amide bonds. The van der Waals surface area contributed by atoms with Crippen LogP contribution < -0.4 is 4.72 Å². The largest absolute Gasteiger partial charge is 0.461 e. The molecular formula is C24H26N2O7S. The number of carbonyl (C=O) groups excluding carboxylic acids is 3. The molecule has 0 saturated heterocycles. The molecule has 0 aliphatic carbocycles. The van der Waals surface area contributed by atoms with Gasteiger partial charge in [0, 0.05) is 17.8 Å². The molecule has 3 aromatic rings. The highest BCUT2D eigenvalue weighted by Crippen LogP contribution is 2.20. The normalized spacial score (nSPS) is 11.4. The minimum Gasteiger partial charge on any atom is -0.461 e. The number of hydrogen-bond donors (Lipinski definition) is 2. The second-order valence-corrected chi connectivity index (χ2v) is 9.35. The van der Waals surface area contributed by atoms with E-state index in [-0.39, 0.29) is 35.7 Å². The summed E-state index contributed by atoms with van der Waals surface area (Å²) in [4.78, 5) is 39.5. The number of rotatable bonds is 10. The van der Waals surface area contributed by atoms with E-state index in [4.69, 9.17) is 9.47 Å². The van der Waals surface area contributed by atoms with Crippen LogP contribution in [0.4, 0.5) is 0 Å². The number of ketones is 1. The van der Waals surface area contributed by atoms with E-state index in [1.165, 1.54) is 6.07 Å². The summed E-state index contributed by atoms with van der Waals surface area (Å²) in [5.41, 5.74) is 1.31. The summed E-state index contributed by atoms with van der Waals surface area (Å²) in [5.74, 6) is -1.78. The summed E-state index contributed by atoms with van der Waals surface area (Å²) in [7, 11) is -3.82.